The van der Waals surface area contributed by atoms with Crippen LogP contribution < -0.4 is 27.2 Å². The van der Waals surface area contributed by atoms with Gasteiger partial charge in [-0.05, 0) is 31.6 Å². The van der Waals surface area contributed by atoms with E-state index in [0.29, 0.717) is 19.0 Å². The highest BCUT2D eigenvalue weighted by Crippen LogP contribution is 2.20. The second kappa shape index (κ2) is 10.3. The molecule has 0 unspecified atom stereocenters. The Balaban J connectivity index is 2.29. The Kier molecular flexibility index (Phi) is 8.14. The van der Waals surface area contributed by atoms with Crippen LogP contribution in [0.5, 0.6) is 0 Å². The third-order valence-corrected chi connectivity index (χ3v) is 5.30. The summed E-state index contributed by atoms with van der Waals surface area (Å²) < 4.78 is 1.40. The fraction of sp³-hybridized carbons (Fsp3) is 0.750. The molecule has 1 saturated carbocycles. The smallest absolute Gasteiger partial charge is 0.330 e. The summed E-state index contributed by atoms with van der Waals surface area (Å²) in [5, 5.41) is 3.06. The predicted molar refractivity (Wildman–Crippen MR) is 113 cm³/mol. The first-order valence-electron chi connectivity index (χ1n) is 10.5. The Labute approximate surface area is 166 Å². The molecule has 8 nitrogen and oxygen atoms in total. The molecule has 0 aromatic carbocycles. The fourth-order valence-electron chi connectivity index (χ4n) is 3.62. The minimum atomic E-state index is -0.535. The van der Waals surface area contributed by atoms with Gasteiger partial charge < -0.3 is 16.0 Å². The molecule has 2 rings (SSSR count). The molecule has 4 N–H and O–H groups in total. The normalized spacial score (nSPS) is 14.6. The second-order valence-electron chi connectivity index (χ2n) is 8.15. The van der Waals surface area contributed by atoms with Crippen molar-refractivity contribution < 1.29 is 4.79 Å². The molecule has 0 aliphatic heterocycles. The highest BCUT2D eigenvalue weighted by atomic mass is 16.2. The van der Waals surface area contributed by atoms with E-state index in [1.54, 1.807) is 4.90 Å². The lowest BCUT2D eigenvalue weighted by molar-refractivity contribution is -0.120. The number of hydrogen-bond donors (Lipinski definition) is 3. The number of nitrogens with zero attached hydrogens (tertiary/aromatic N) is 2. The van der Waals surface area contributed by atoms with Gasteiger partial charge in [-0.25, -0.2) is 4.79 Å². The molecule has 0 atom stereocenters. The summed E-state index contributed by atoms with van der Waals surface area (Å²) in [6.07, 6.45) is 6.77. The zero-order valence-corrected chi connectivity index (χ0v) is 17.4. The van der Waals surface area contributed by atoms with E-state index in [1.165, 1.54) is 4.57 Å². The van der Waals surface area contributed by atoms with E-state index in [0.717, 1.165) is 44.9 Å². The molecule has 1 aromatic rings. The van der Waals surface area contributed by atoms with Crippen molar-refractivity contribution in [2.75, 3.05) is 23.7 Å². The van der Waals surface area contributed by atoms with E-state index >= 15 is 0 Å². The Morgan fingerprint density at radius 3 is 2.61 bits per heavy atom. The maximum atomic E-state index is 12.6. The van der Waals surface area contributed by atoms with Crippen molar-refractivity contribution in [3.8, 4) is 0 Å². The first-order valence-corrected chi connectivity index (χ1v) is 10.5. The Morgan fingerprint density at radius 1 is 1.32 bits per heavy atom. The van der Waals surface area contributed by atoms with Gasteiger partial charge in [-0.2, -0.15) is 0 Å². The molecule has 1 aliphatic carbocycles. The minimum absolute atomic E-state index is 0.0580. The predicted octanol–water partition coefficient (Wildman–Crippen LogP) is 1.83. The van der Waals surface area contributed by atoms with Crippen LogP contribution in [-0.4, -0.2) is 34.6 Å². The number of carbonyl (C=O) groups excluding carboxylic acids is 1. The van der Waals surface area contributed by atoms with Crippen molar-refractivity contribution >= 4 is 17.4 Å². The number of H-pyrrole nitrogens is 1. The molecule has 28 heavy (non-hydrogen) atoms. The largest absolute Gasteiger partial charge is 0.383 e. The molecule has 0 spiro atoms. The van der Waals surface area contributed by atoms with E-state index in [9.17, 15) is 14.4 Å². The number of rotatable bonds is 10. The molecule has 1 aliphatic rings. The fourth-order valence-corrected chi connectivity index (χ4v) is 3.62. The number of aromatic nitrogens is 2. The van der Waals surface area contributed by atoms with Crippen LogP contribution in [0, 0.1) is 5.92 Å². The SMILES string of the molecule is CCCCn1c(N)c(N(CCC(C)C)CC(=O)NC2CCCC2)c(=O)[nH]c1=O. The van der Waals surface area contributed by atoms with E-state index in [4.69, 9.17) is 5.73 Å². The summed E-state index contributed by atoms with van der Waals surface area (Å²) >= 11 is 0. The number of anilines is 2. The van der Waals surface area contributed by atoms with Crippen LogP contribution in [0.1, 0.15) is 65.7 Å². The Bertz CT molecular complexity index is 762. The van der Waals surface area contributed by atoms with E-state index < -0.39 is 11.2 Å². The molecular formula is C20H35N5O3. The third-order valence-electron chi connectivity index (χ3n) is 5.30. The number of unbranched alkanes of at least 4 members (excludes halogenated alkanes) is 1. The zero-order valence-electron chi connectivity index (χ0n) is 17.4. The van der Waals surface area contributed by atoms with Crippen LogP contribution in [0.25, 0.3) is 0 Å². The van der Waals surface area contributed by atoms with Crippen molar-refractivity contribution in [2.45, 2.75) is 78.3 Å². The zero-order chi connectivity index (χ0) is 20.7. The topological polar surface area (TPSA) is 113 Å². The van der Waals surface area contributed by atoms with Crippen molar-refractivity contribution in [3.05, 3.63) is 20.8 Å². The molecule has 1 heterocycles. The van der Waals surface area contributed by atoms with Crippen molar-refractivity contribution in [1.29, 1.82) is 0 Å². The van der Waals surface area contributed by atoms with Crippen LogP contribution in [0.15, 0.2) is 9.59 Å². The monoisotopic (exact) mass is 393 g/mol. The lowest BCUT2D eigenvalue weighted by atomic mass is 10.1. The van der Waals surface area contributed by atoms with Gasteiger partial charge in [0.1, 0.15) is 11.5 Å². The minimum Gasteiger partial charge on any atom is -0.383 e. The summed E-state index contributed by atoms with van der Waals surface area (Å²) in [5.74, 6) is 0.437. The van der Waals surface area contributed by atoms with Crippen LogP contribution in [-0.2, 0) is 11.3 Å². The number of aromatic amines is 1. The first-order chi connectivity index (χ1) is 13.3. The van der Waals surface area contributed by atoms with E-state index in [-0.39, 0.29) is 30.0 Å². The standard InChI is InChI=1S/C20H35N5O3/c1-4-5-11-25-18(21)17(19(27)23-20(25)28)24(12-10-14(2)3)13-16(26)22-15-8-6-7-9-15/h14-15H,4-13,21H2,1-3H3,(H,22,26)(H,23,27,28). The van der Waals surface area contributed by atoms with Crippen LogP contribution >= 0.6 is 0 Å². The summed E-state index contributed by atoms with van der Waals surface area (Å²) in [5.41, 5.74) is 5.43. The van der Waals surface area contributed by atoms with E-state index in [2.05, 4.69) is 24.1 Å². The maximum Gasteiger partial charge on any atom is 0.330 e. The van der Waals surface area contributed by atoms with Gasteiger partial charge in [-0.3, -0.25) is 19.1 Å². The molecule has 0 bridgehead atoms. The lowest BCUT2D eigenvalue weighted by Crippen LogP contribution is -2.45. The number of carbonyl (C=O) groups is 1. The van der Waals surface area contributed by atoms with Gasteiger partial charge in [0.25, 0.3) is 5.56 Å². The van der Waals surface area contributed by atoms with Gasteiger partial charge >= 0.3 is 5.69 Å². The van der Waals surface area contributed by atoms with Crippen molar-refractivity contribution in [3.63, 3.8) is 0 Å². The molecule has 8 heteroatoms. The second-order valence-corrected chi connectivity index (χ2v) is 8.15. The number of nitrogens with two attached hydrogens (primary N) is 1. The number of nitrogen functional groups attached to an aromatic ring is 1. The lowest BCUT2D eigenvalue weighted by Gasteiger charge is -2.27. The quantitative estimate of drug-likeness (QED) is 0.561. The molecule has 0 radical (unpaired) electrons. The number of nitrogens with one attached hydrogen (secondary N) is 2. The van der Waals surface area contributed by atoms with Gasteiger partial charge in [0.2, 0.25) is 5.91 Å². The molecule has 158 valence electrons. The van der Waals surface area contributed by atoms with Crippen LogP contribution in [0.2, 0.25) is 0 Å². The molecule has 1 amide bonds. The molecule has 1 fully saturated rings. The van der Waals surface area contributed by atoms with Crippen molar-refractivity contribution in [2.24, 2.45) is 5.92 Å². The first kappa shape index (κ1) is 22.0. The van der Waals surface area contributed by atoms with Gasteiger partial charge in [0, 0.05) is 19.1 Å². The summed E-state index contributed by atoms with van der Waals surface area (Å²) in [4.78, 5) is 41.5. The molecule has 1 aromatic heterocycles. The highest BCUT2D eigenvalue weighted by molar-refractivity contribution is 5.82. The van der Waals surface area contributed by atoms with Gasteiger partial charge in [-0.15, -0.1) is 0 Å². The van der Waals surface area contributed by atoms with Gasteiger partial charge in [-0.1, -0.05) is 40.0 Å². The Morgan fingerprint density at radius 2 is 2.00 bits per heavy atom. The maximum absolute atomic E-state index is 12.6. The third kappa shape index (κ3) is 5.87. The van der Waals surface area contributed by atoms with E-state index in [1.807, 2.05) is 6.92 Å². The highest BCUT2D eigenvalue weighted by Gasteiger charge is 2.23. The van der Waals surface area contributed by atoms with Crippen LogP contribution in [0.3, 0.4) is 0 Å². The van der Waals surface area contributed by atoms with Crippen molar-refractivity contribution in [1.82, 2.24) is 14.9 Å². The van der Waals surface area contributed by atoms with Gasteiger partial charge in [0.15, 0.2) is 0 Å². The average molecular weight is 394 g/mol. The Hall–Kier alpha value is -2.25. The van der Waals surface area contributed by atoms with Crippen LogP contribution in [0.4, 0.5) is 11.5 Å². The number of hydrogen-bond acceptors (Lipinski definition) is 5. The summed E-state index contributed by atoms with van der Waals surface area (Å²) in [6.45, 7) is 7.23. The molecular weight excluding hydrogens is 358 g/mol. The number of amides is 1. The molecule has 0 saturated heterocycles. The van der Waals surface area contributed by atoms with Gasteiger partial charge in [0.05, 0.1) is 6.54 Å². The summed E-state index contributed by atoms with van der Waals surface area (Å²) in [7, 11) is 0. The average Bonchev–Trinajstić information content (AvgIpc) is 3.11. The summed E-state index contributed by atoms with van der Waals surface area (Å²) in [6, 6.07) is 0.216.